The Morgan fingerprint density at radius 1 is 1.35 bits per heavy atom. The van der Waals surface area contributed by atoms with Crippen molar-refractivity contribution in [2.24, 2.45) is 5.92 Å². The molecule has 1 aromatic carbocycles. The average molecular weight is 335 g/mol. The summed E-state index contributed by atoms with van der Waals surface area (Å²) in [7, 11) is 0. The molecule has 0 saturated carbocycles. The highest BCUT2D eigenvalue weighted by molar-refractivity contribution is 6.31. The van der Waals surface area contributed by atoms with Crippen molar-refractivity contribution in [3.8, 4) is 0 Å². The summed E-state index contributed by atoms with van der Waals surface area (Å²) in [4.78, 5) is 17.6. The molecule has 2 heterocycles. The molecule has 1 fully saturated rings. The summed E-state index contributed by atoms with van der Waals surface area (Å²) in [6.45, 7) is 3.00. The molecule has 23 heavy (non-hydrogen) atoms. The number of likely N-dealkylation sites (tertiary alicyclic amines) is 1. The van der Waals surface area contributed by atoms with Gasteiger partial charge in [-0.3, -0.25) is 9.69 Å². The molecule has 1 aliphatic rings. The Kier molecular flexibility index (Phi) is 5.36. The van der Waals surface area contributed by atoms with Crippen LogP contribution in [0.3, 0.4) is 0 Å². The van der Waals surface area contributed by atoms with E-state index in [2.05, 4.69) is 9.88 Å². The van der Waals surface area contributed by atoms with E-state index in [0.29, 0.717) is 17.5 Å². The topological polar surface area (TPSA) is 56.3 Å². The Hall–Kier alpha value is -1.36. The number of aliphatic hydroxyl groups is 1. The van der Waals surface area contributed by atoms with Gasteiger partial charge in [-0.15, -0.1) is 0 Å². The highest BCUT2D eigenvalue weighted by atomic mass is 35.5. The first-order chi connectivity index (χ1) is 11.2. The first kappa shape index (κ1) is 16.5. The zero-order valence-corrected chi connectivity index (χ0v) is 14.0. The second-order valence-corrected chi connectivity index (χ2v) is 6.90. The number of hydrogen-bond donors (Lipinski definition) is 2. The highest BCUT2D eigenvalue weighted by Crippen LogP contribution is 2.23. The zero-order chi connectivity index (χ0) is 16.2. The number of nitrogens with zero attached hydrogens (tertiary/aromatic N) is 1. The fourth-order valence-corrected chi connectivity index (χ4v) is 3.66. The molecule has 2 aromatic rings. The Labute approximate surface area is 141 Å². The van der Waals surface area contributed by atoms with Crippen LogP contribution in [0.25, 0.3) is 10.9 Å². The summed E-state index contributed by atoms with van der Waals surface area (Å²) < 4.78 is 0. The van der Waals surface area contributed by atoms with E-state index >= 15 is 0 Å². The Morgan fingerprint density at radius 2 is 2.22 bits per heavy atom. The predicted octanol–water partition coefficient (Wildman–Crippen LogP) is 3.17. The van der Waals surface area contributed by atoms with Crippen molar-refractivity contribution < 1.29 is 5.11 Å². The van der Waals surface area contributed by atoms with Crippen molar-refractivity contribution in [2.75, 3.05) is 19.7 Å². The van der Waals surface area contributed by atoms with Crippen LogP contribution >= 0.6 is 11.6 Å². The van der Waals surface area contributed by atoms with E-state index in [-0.39, 0.29) is 12.2 Å². The van der Waals surface area contributed by atoms with E-state index in [4.69, 9.17) is 16.7 Å². The van der Waals surface area contributed by atoms with Gasteiger partial charge in [0.1, 0.15) is 0 Å². The second kappa shape index (κ2) is 7.47. The number of aromatic nitrogens is 1. The maximum Gasteiger partial charge on any atom is 0.252 e. The molecule has 1 aromatic heterocycles. The van der Waals surface area contributed by atoms with Gasteiger partial charge < -0.3 is 10.1 Å². The zero-order valence-electron chi connectivity index (χ0n) is 13.2. The molecule has 0 bridgehead atoms. The van der Waals surface area contributed by atoms with Gasteiger partial charge in [0.25, 0.3) is 5.56 Å². The van der Waals surface area contributed by atoms with Crippen LogP contribution in [0.2, 0.25) is 5.02 Å². The van der Waals surface area contributed by atoms with Crippen LogP contribution in [0.5, 0.6) is 0 Å². The second-order valence-electron chi connectivity index (χ2n) is 6.46. The van der Waals surface area contributed by atoms with Crippen LogP contribution in [0.15, 0.2) is 29.1 Å². The molecule has 1 saturated heterocycles. The third kappa shape index (κ3) is 4.14. The fraction of sp³-hybridized carbons (Fsp3) is 0.500. The minimum absolute atomic E-state index is 0.0303. The van der Waals surface area contributed by atoms with Gasteiger partial charge in [-0.1, -0.05) is 17.7 Å². The summed E-state index contributed by atoms with van der Waals surface area (Å²) in [5.74, 6) is 0.634. The molecular weight excluding hydrogens is 312 g/mol. The lowest BCUT2D eigenvalue weighted by atomic mass is 9.93. The maximum absolute atomic E-state index is 12.3. The molecule has 124 valence electrons. The van der Waals surface area contributed by atoms with Gasteiger partial charge in [0.05, 0.1) is 0 Å². The summed E-state index contributed by atoms with van der Waals surface area (Å²) in [5.41, 5.74) is 1.56. The number of fused-ring (bicyclic) bond motifs is 1. The fourth-order valence-electron chi connectivity index (χ4n) is 3.49. The third-order valence-electron chi connectivity index (χ3n) is 4.65. The number of pyridine rings is 1. The number of aromatic amines is 1. The number of H-pyrrole nitrogens is 1. The van der Waals surface area contributed by atoms with Crippen LogP contribution in [-0.2, 0) is 6.54 Å². The summed E-state index contributed by atoms with van der Waals surface area (Å²) in [6, 6.07) is 7.55. The van der Waals surface area contributed by atoms with Crippen LogP contribution < -0.4 is 5.56 Å². The number of halogens is 1. The van der Waals surface area contributed by atoms with Crippen molar-refractivity contribution in [3.05, 3.63) is 45.2 Å². The third-order valence-corrected chi connectivity index (χ3v) is 4.89. The molecule has 0 spiro atoms. The van der Waals surface area contributed by atoms with Crippen LogP contribution in [0.1, 0.15) is 31.2 Å². The standard InChI is InChI=1S/C18H23ClN2O2/c19-16-6-5-14-9-15(18(23)20-17(14)10-16)12-21-7-1-3-13(11-21)4-2-8-22/h5-6,9-10,13,22H,1-4,7-8,11-12H2,(H,20,23). The van der Waals surface area contributed by atoms with Gasteiger partial charge in [0, 0.05) is 35.8 Å². The van der Waals surface area contributed by atoms with Crippen LogP contribution in [0.4, 0.5) is 0 Å². The molecule has 1 atom stereocenters. The van der Waals surface area contributed by atoms with E-state index in [1.54, 1.807) is 6.07 Å². The van der Waals surface area contributed by atoms with E-state index in [0.717, 1.165) is 48.8 Å². The number of nitrogens with one attached hydrogen (secondary N) is 1. The monoisotopic (exact) mass is 334 g/mol. The Morgan fingerprint density at radius 3 is 3.04 bits per heavy atom. The number of aliphatic hydroxyl groups excluding tert-OH is 1. The molecule has 5 heteroatoms. The number of piperidine rings is 1. The minimum Gasteiger partial charge on any atom is -0.396 e. The molecule has 1 unspecified atom stereocenters. The normalized spacial score (nSPS) is 19.3. The van der Waals surface area contributed by atoms with Crippen molar-refractivity contribution in [2.45, 2.75) is 32.2 Å². The molecule has 4 nitrogen and oxygen atoms in total. The van der Waals surface area contributed by atoms with Crippen molar-refractivity contribution in [1.29, 1.82) is 0 Å². The van der Waals surface area contributed by atoms with Crippen LogP contribution in [-0.4, -0.2) is 34.7 Å². The molecule has 2 N–H and O–H groups in total. The minimum atomic E-state index is -0.0303. The van der Waals surface area contributed by atoms with Gasteiger partial charge in [-0.05, 0) is 61.7 Å². The molecule has 1 aliphatic heterocycles. The molecule has 0 radical (unpaired) electrons. The van der Waals surface area contributed by atoms with E-state index in [1.165, 1.54) is 6.42 Å². The average Bonchev–Trinajstić information content (AvgIpc) is 2.54. The Balaban J connectivity index is 1.74. The number of hydrogen-bond acceptors (Lipinski definition) is 3. The van der Waals surface area contributed by atoms with Crippen molar-refractivity contribution >= 4 is 22.5 Å². The first-order valence-corrected chi connectivity index (χ1v) is 8.68. The SMILES string of the molecule is O=c1[nH]c2cc(Cl)ccc2cc1CN1CCCC(CCCO)C1. The van der Waals surface area contributed by atoms with Gasteiger partial charge in [-0.25, -0.2) is 0 Å². The summed E-state index contributed by atoms with van der Waals surface area (Å²) >= 11 is 5.98. The number of rotatable bonds is 5. The van der Waals surface area contributed by atoms with E-state index in [1.807, 2.05) is 18.2 Å². The molecule has 0 aliphatic carbocycles. The Bertz CT molecular complexity index is 729. The van der Waals surface area contributed by atoms with Gasteiger partial charge in [0.2, 0.25) is 0 Å². The maximum atomic E-state index is 12.3. The highest BCUT2D eigenvalue weighted by Gasteiger charge is 2.20. The lowest BCUT2D eigenvalue weighted by Gasteiger charge is -2.32. The van der Waals surface area contributed by atoms with Crippen molar-refractivity contribution in [3.63, 3.8) is 0 Å². The molecule has 0 amide bonds. The summed E-state index contributed by atoms with van der Waals surface area (Å²) in [5, 5.41) is 10.6. The van der Waals surface area contributed by atoms with E-state index < -0.39 is 0 Å². The van der Waals surface area contributed by atoms with Crippen LogP contribution in [0, 0.1) is 5.92 Å². The smallest absolute Gasteiger partial charge is 0.252 e. The molecule has 3 rings (SSSR count). The lowest BCUT2D eigenvalue weighted by molar-refractivity contribution is 0.153. The lowest BCUT2D eigenvalue weighted by Crippen LogP contribution is -2.36. The quantitative estimate of drug-likeness (QED) is 0.883. The largest absolute Gasteiger partial charge is 0.396 e. The van der Waals surface area contributed by atoms with E-state index in [9.17, 15) is 4.79 Å². The molecular formula is C18H23ClN2O2. The first-order valence-electron chi connectivity index (χ1n) is 8.30. The van der Waals surface area contributed by atoms with Gasteiger partial charge >= 0.3 is 0 Å². The summed E-state index contributed by atoms with van der Waals surface area (Å²) in [6.07, 6.45) is 4.33. The predicted molar refractivity (Wildman–Crippen MR) is 93.9 cm³/mol. The number of benzene rings is 1. The van der Waals surface area contributed by atoms with Gasteiger partial charge in [0.15, 0.2) is 0 Å². The van der Waals surface area contributed by atoms with Gasteiger partial charge in [-0.2, -0.15) is 0 Å². The van der Waals surface area contributed by atoms with Crippen molar-refractivity contribution in [1.82, 2.24) is 9.88 Å².